The Bertz CT molecular complexity index is 1080. The maximum absolute atomic E-state index is 13.2. The summed E-state index contributed by atoms with van der Waals surface area (Å²) in [6, 6.07) is 8.56. The van der Waals surface area contributed by atoms with Gasteiger partial charge in [0, 0.05) is 28.5 Å². The SMILES string of the molecule is Cc1cc(C)n2c(S[C@H]3CCCCN(C(=O)c4ccc(Cl)cc4)C3=O)nnc2n1. The summed E-state index contributed by atoms with van der Waals surface area (Å²) in [7, 11) is 0. The van der Waals surface area contributed by atoms with Gasteiger partial charge in [0.2, 0.25) is 5.91 Å². The predicted octanol–water partition coefficient (Wildman–Crippen LogP) is 3.71. The molecule has 2 aromatic heterocycles. The molecule has 0 spiro atoms. The molecule has 0 radical (unpaired) electrons. The number of fused-ring (bicyclic) bond motifs is 1. The molecule has 7 nitrogen and oxygen atoms in total. The maximum atomic E-state index is 13.2. The molecule has 9 heteroatoms. The highest BCUT2D eigenvalue weighted by molar-refractivity contribution is 8.00. The van der Waals surface area contributed by atoms with Crippen molar-refractivity contribution in [3.05, 3.63) is 52.3 Å². The lowest BCUT2D eigenvalue weighted by Gasteiger charge is -2.22. The summed E-state index contributed by atoms with van der Waals surface area (Å²) in [5, 5.41) is 9.14. The second-order valence-electron chi connectivity index (χ2n) is 7.06. The first-order chi connectivity index (χ1) is 13.9. The zero-order chi connectivity index (χ0) is 20.5. The molecule has 0 N–H and O–H groups in total. The molecule has 3 heterocycles. The van der Waals surface area contributed by atoms with Gasteiger partial charge in [0.1, 0.15) is 0 Å². The van der Waals surface area contributed by atoms with Crippen molar-refractivity contribution >= 4 is 41.0 Å². The third kappa shape index (κ3) is 4.00. The van der Waals surface area contributed by atoms with Crippen LogP contribution in [0.5, 0.6) is 0 Å². The number of imide groups is 1. The summed E-state index contributed by atoms with van der Waals surface area (Å²) in [6.07, 6.45) is 2.32. The molecule has 0 saturated carbocycles. The van der Waals surface area contributed by atoms with Crippen molar-refractivity contribution in [3.63, 3.8) is 0 Å². The van der Waals surface area contributed by atoms with Crippen molar-refractivity contribution in [1.29, 1.82) is 0 Å². The number of rotatable bonds is 3. The minimum Gasteiger partial charge on any atom is -0.278 e. The Labute approximate surface area is 177 Å². The molecular weight excluding hydrogens is 410 g/mol. The van der Waals surface area contributed by atoms with Gasteiger partial charge in [0.25, 0.3) is 11.7 Å². The molecule has 29 heavy (non-hydrogen) atoms. The van der Waals surface area contributed by atoms with Gasteiger partial charge in [-0.3, -0.25) is 18.9 Å². The minimum absolute atomic E-state index is 0.193. The van der Waals surface area contributed by atoms with E-state index in [1.165, 1.54) is 16.7 Å². The summed E-state index contributed by atoms with van der Waals surface area (Å²) < 4.78 is 1.85. The molecule has 1 aromatic carbocycles. The van der Waals surface area contributed by atoms with Crippen molar-refractivity contribution in [3.8, 4) is 0 Å². The monoisotopic (exact) mass is 429 g/mol. The van der Waals surface area contributed by atoms with Gasteiger partial charge in [-0.2, -0.15) is 0 Å². The summed E-state index contributed by atoms with van der Waals surface area (Å²) in [5.74, 6) is 0.0285. The topological polar surface area (TPSA) is 80.5 Å². The van der Waals surface area contributed by atoms with E-state index in [2.05, 4.69) is 15.2 Å². The third-order valence-electron chi connectivity index (χ3n) is 4.89. The second-order valence-corrected chi connectivity index (χ2v) is 8.67. The lowest BCUT2D eigenvalue weighted by molar-refractivity contribution is -0.127. The van der Waals surface area contributed by atoms with Crippen LogP contribution in [-0.4, -0.2) is 48.1 Å². The highest BCUT2D eigenvalue weighted by atomic mass is 35.5. The largest absolute Gasteiger partial charge is 0.278 e. The maximum Gasteiger partial charge on any atom is 0.260 e. The summed E-state index contributed by atoms with van der Waals surface area (Å²) in [6.45, 7) is 4.28. The Hall–Kier alpha value is -2.45. The molecule has 150 valence electrons. The Morgan fingerprint density at radius 1 is 1.17 bits per heavy atom. The molecule has 0 bridgehead atoms. The number of amides is 2. The Balaban J connectivity index is 1.60. The molecule has 4 rings (SSSR count). The molecule has 1 aliphatic heterocycles. The van der Waals surface area contributed by atoms with Crippen LogP contribution in [0, 0.1) is 13.8 Å². The van der Waals surface area contributed by atoms with Gasteiger partial charge >= 0.3 is 0 Å². The fraction of sp³-hybridized carbons (Fsp3) is 0.350. The smallest absolute Gasteiger partial charge is 0.260 e. The standard InChI is InChI=1S/C20H20ClN5O2S/c1-12-11-13(2)26-19(22-12)23-24-20(26)29-16-5-3-4-10-25(18(16)28)17(27)14-6-8-15(21)9-7-14/h6-9,11,16H,3-5,10H2,1-2H3/t16-/m0/s1. The number of nitrogens with zero attached hydrogens (tertiary/aromatic N) is 5. The second kappa shape index (κ2) is 8.12. The number of benzene rings is 1. The third-order valence-corrected chi connectivity index (χ3v) is 6.34. The molecule has 1 aliphatic rings. The highest BCUT2D eigenvalue weighted by Crippen LogP contribution is 2.30. The number of hydrogen-bond acceptors (Lipinski definition) is 6. The lowest BCUT2D eigenvalue weighted by Crippen LogP contribution is -2.41. The number of thioether (sulfide) groups is 1. The fourth-order valence-corrected chi connectivity index (χ4v) is 4.78. The molecule has 2 amide bonds. The van der Waals surface area contributed by atoms with Gasteiger partial charge in [-0.25, -0.2) is 4.98 Å². The number of hydrogen-bond donors (Lipinski definition) is 0. The van der Waals surface area contributed by atoms with Crippen LogP contribution in [-0.2, 0) is 4.79 Å². The quantitative estimate of drug-likeness (QED) is 0.590. The van der Waals surface area contributed by atoms with Gasteiger partial charge in [0.15, 0.2) is 5.16 Å². The van der Waals surface area contributed by atoms with Crippen LogP contribution in [0.1, 0.15) is 41.0 Å². The Kier molecular flexibility index (Phi) is 5.56. The Morgan fingerprint density at radius 3 is 2.69 bits per heavy atom. The van der Waals surface area contributed by atoms with Crippen LogP contribution in [0.4, 0.5) is 0 Å². The first kappa shape index (κ1) is 19.8. The summed E-state index contributed by atoms with van der Waals surface area (Å²) in [5.41, 5.74) is 2.27. The van der Waals surface area contributed by atoms with Crippen molar-refractivity contribution in [2.45, 2.75) is 43.5 Å². The van der Waals surface area contributed by atoms with Crippen LogP contribution >= 0.6 is 23.4 Å². The minimum atomic E-state index is -0.401. The van der Waals surface area contributed by atoms with E-state index in [0.29, 0.717) is 34.5 Å². The zero-order valence-electron chi connectivity index (χ0n) is 16.1. The molecule has 1 atom stereocenters. The van der Waals surface area contributed by atoms with E-state index >= 15 is 0 Å². The number of carbonyl (C=O) groups excluding carboxylic acids is 2. The molecule has 0 aliphatic carbocycles. The highest BCUT2D eigenvalue weighted by Gasteiger charge is 2.33. The molecular formula is C20H20ClN5O2S. The van der Waals surface area contributed by atoms with E-state index in [-0.39, 0.29) is 11.8 Å². The first-order valence-electron chi connectivity index (χ1n) is 9.41. The van der Waals surface area contributed by atoms with E-state index in [9.17, 15) is 9.59 Å². The van der Waals surface area contributed by atoms with E-state index < -0.39 is 5.25 Å². The van der Waals surface area contributed by atoms with Crippen LogP contribution in [0.15, 0.2) is 35.5 Å². The van der Waals surface area contributed by atoms with E-state index in [1.54, 1.807) is 24.3 Å². The van der Waals surface area contributed by atoms with E-state index in [1.807, 2.05) is 24.3 Å². The van der Waals surface area contributed by atoms with Crippen molar-refractivity contribution in [2.75, 3.05) is 6.54 Å². The Morgan fingerprint density at radius 2 is 1.93 bits per heavy atom. The molecule has 0 unspecified atom stereocenters. The number of carbonyl (C=O) groups is 2. The van der Waals surface area contributed by atoms with Gasteiger partial charge in [-0.15, -0.1) is 10.2 Å². The van der Waals surface area contributed by atoms with Crippen LogP contribution < -0.4 is 0 Å². The van der Waals surface area contributed by atoms with Crippen LogP contribution in [0.25, 0.3) is 5.78 Å². The number of aryl methyl sites for hydroxylation is 2. The predicted molar refractivity (Wildman–Crippen MR) is 111 cm³/mol. The average molecular weight is 430 g/mol. The van der Waals surface area contributed by atoms with Crippen molar-refractivity contribution < 1.29 is 9.59 Å². The normalized spacial score (nSPS) is 17.6. The van der Waals surface area contributed by atoms with Crippen molar-refractivity contribution in [2.24, 2.45) is 0 Å². The van der Waals surface area contributed by atoms with Gasteiger partial charge in [-0.1, -0.05) is 29.8 Å². The average Bonchev–Trinajstić information content (AvgIpc) is 3.00. The van der Waals surface area contributed by atoms with Gasteiger partial charge < -0.3 is 0 Å². The van der Waals surface area contributed by atoms with Gasteiger partial charge in [-0.05, 0) is 57.0 Å². The van der Waals surface area contributed by atoms with Crippen LogP contribution in [0.2, 0.25) is 5.02 Å². The fourth-order valence-electron chi connectivity index (χ4n) is 3.47. The lowest BCUT2D eigenvalue weighted by atomic mass is 10.2. The summed E-state index contributed by atoms with van der Waals surface area (Å²) >= 11 is 7.26. The summed E-state index contributed by atoms with van der Waals surface area (Å²) in [4.78, 5) is 31.9. The number of aromatic nitrogens is 4. The zero-order valence-corrected chi connectivity index (χ0v) is 17.7. The van der Waals surface area contributed by atoms with Gasteiger partial charge in [0.05, 0.1) is 5.25 Å². The van der Waals surface area contributed by atoms with Crippen LogP contribution in [0.3, 0.4) is 0 Å². The van der Waals surface area contributed by atoms with Crippen molar-refractivity contribution in [1.82, 2.24) is 24.5 Å². The number of likely N-dealkylation sites (tertiary alicyclic amines) is 1. The van der Waals surface area contributed by atoms with E-state index in [4.69, 9.17) is 11.6 Å². The molecule has 1 fully saturated rings. The molecule has 3 aromatic rings. The molecule has 1 saturated heterocycles. The first-order valence-corrected chi connectivity index (χ1v) is 10.7. The van der Waals surface area contributed by atoms with E-state index in [0.717, 1.165) is 24.2 Å². The number of halogens is 1.